The van der Waals surface area contributed by atoms with Crippen LogP contribution in [-0.2, 0) is 6.42 Å². The van der Waals surface area contributed by atoms with Crippen LogP contribution in [0.15, 0.2) is 24.4 Å². The molecule has 1 fully saturated rings. The Kier molecular flexibility index (Phi) is 2.62. The van der Waals surface area contributed by atoms with Crippen LogP contribution in [0.3, 0.4) is 0 Å². The van der Waals surface area contributed by atoms with Gasteiger partial charge in [-0.3, -0.25) is 4.98 Å². The van der Waals surface area contributed by atoms with E-state index in [1.54, 1.807) is 5.56 Å². The van der Waals surface area contributed by atoms with Gasteiger partial charge in [-0.2, -0.15) is 0 Å². The summed E-state index contributed by atoms with van der Waals surface area (Å²) in [6, 6.07) is 6.83. The number of fused-ring (bicyclic) bond motifs is 1. The maximum Gasteiger partial charge on any atom is 0.0707 e. The second-order valence-electron chi connectivity index (χ2n) is 5.22. The molecular formula is C16H19N. The molecule has 17 heavy (non-hydrogen) atoms. The van der Waals surface area contributed by atoms with E-state index in [0.717, 1.165) is 11.4 Å². The van der Waals surface area contributed by atoms with E-state index >= 15 is 0 Å². The number of rotatable bonds is 3. The molecule has 0 spiro atoms. The molecule has 0 saturated heterocycles. The zero-order valence-electron chi connectivity index (χ0n) is 10.7. The molecule has 1 aromatic heterocycles. The molecule has 1 aliphatic carbocycles. The number of benzene rings is 1. The van der Waals surface area contributed by atoms with Crippen molar-refractivity contribution in [3.05, 3.63) is 41.1 Å². The largest absolute Gasteiger partial charge is 0.256 e. The van der Waals surface area contributed by atoms with Gasteiger partial charge >= 0.3 is 0 Å². The summed E-state index contributed by atoms with van der Waals surface area (Å²) in [5, 5.41) is 1.34. The zero-order valence-corrected chi connectivity index (χ0v) is 10.7. The molecule has 0 aliphatic heterocycles. The summed E-state index contributed by atoms with van der Waals surface area (Å²) < 4.78 is 0. The molecule has 0 bridgehead atoms. The van der Waals surface area contributed by atoms with Gasteiger partial charge in [0.05, 0.1) is 5.52 Å². The van der Waals surface area contributed by atoms with Crippen LogP contribution in [-0.4, -0.2) is 4.98 Å². The molecule has 0 radical (unpaired) electrons. The van der Waals surface area contributed by atoms with E-state index in [9.17, 15) is 0 Å². The van der Waals surface area contributed by atoms with E-state index in [1.807, 2.05) is 6.20 Å². The standard InChI is InChI=1S/C16H19N/c1-3-4-13-9-16-14(11(2)7-8-17-16)10-15(13)12-5-6-12/h7-10,12H,3-6H2,1-2H3. The van der Waals surface area contributed by atoms with Gasteiger partial charge in [-0.15, -0.1) is 0 Å². The van der Waals surface area contributed by atoms with Crippen LogP contribution in [0.25, 0.3) is 10.9 Å². The molecule has 1 heteroatoms. The van der Waals surface area contributed by atoms with Gasteiger partial charge in [0.1, 0.15) is 0 Å². The van der Waals surface area contributed by atoms with Gasteiger partial charge in [-0.05, 0) is 67.0 Å². The number of nitrogens with zero attached hydrogens (tertiary/aromatic N) is 1. The second kappa shape index (κ2) is 4.14. The maximum atomic E-state index is 4.51. The molecule has 0 N–H and O–H groups in total. The molecule has 2 aromatic rings. The lowest BCUT2D eigenvalue weighted by Crippen LogP contribution is -1.94. The fourth-order valence-corrected chi connectivity index (χ4v) is 2.65. The van der Waals surface area contributed by atoms with Crippen LogP contribution >= 0.6 is 0 Å². The summed E-state index contributed by atoms with van der Waals surface area (Å²) in [5.41, 5.74) is 5.63. The number of aromatic nitrogens is 1. The minimum Gasteiger partial charge on any atom is -0.256 e. The van der Waals surface area contributed by atoms with Crippen molar-refractivity contribution >= 4 is 10.9 Å². The Morgan fingerprint density at radius 3 is 2.82 bits per heavy atom. The monoisotopic (exact) mass is 225 g/mol. The van der Waals surface area contributed by atoms with E-state index in [4.69, 9.17) is 0 Å². The highest BCUT2D eigenvalue weighted by Crippen LogP contribution is 2.43. The first-order valence-electron chi connectivity index (χ1n) is 6.67. The predicted octanol–water partition coefficient (Wildman–Crippen LogP) is 4.37. The Balaban J connectivity index is 2.20. The molecule has 0 amide bonds. The highest BCUT2D eigenvalue weighted by molar-refractivity contribution is 5.83. The Hall–Kier alpha value is -1.37. The van der Waals surface area contributed by atoms with E-state index in [2.05, 4.69) is 37.0 Å². The van der Waals surface area contributed by atoms with Crippen molar-refractivity contribution < 1.29 is 0 Å². The Labute approximate surface area is 103 Å². The summed E-state index contributed by atoms with van der Waals surface area (Å²) in [4.78, 5) is 4.51. The van der Waals surface area contributed by atoms with Crippen molar-refractivity contribution in [3.8, 4) is 0 Å². The number of pyridine rings is 1. The van der Waals surface area contributed by atoms with E-state index in [0.29, 0.717) is 0 Å². The summed E-state index contributed by atoms with van der Waals surface area (Å²) in [7, 11) is 0. The molecule has 0 atom stereocenters. The highest BCUT2D eigenvalue weighted by Gasteiger charge is 2.26. The van der Waals surface area contributed by atoms with Crippen LogP contribution < -0.4 is 0 Å². The van der Waals surface area contributed by atoms with Crippen LogP contribution in [0.2, 0.25) is 0 Å². The number of aryl methyl sites for hydroxylation is 2. The fourth-order valence-electron chi connectivity index (χ4n) is 2.65. The van der Waals surface area contributed by atoms with Gasteiger partial charge in [0.2, 0.25) is 0 Å². The van der Waals surface area contributed by atoms with Crippen LogP contribution in [0.4, 0.5) is 0 Å². The normalized spacial score (nSPS) is 15.4. The first-order valence-corrected chi connectivity index (χ1v) is 6.67. The summed E-state index contributed by atoms with van der Waals surface area (Å²) in [5.74, 6) is 0.834. The molecular weight excluding hydrogens is 206 g/mol. The predicted molar refractivity (Wildman–Crippen MR) is 72.5 cm³/mol. The minimum atomic E-state index is 0.834. The van der Waals surface area contributed by atoms with Gasteiger partial charge in [0.15, 0.2) is 0 Å². The summed E-state index contributed by atoms with van der Waals surface area (Å²) >= 11 is 0. The van der Waals surface area contributed by atoms with Crippen molar-refractivity contribution in [2.75, 3.05) is 0 Å². The molecule has 1 heterocycles. The highest BCUT2D eigenvalue weighted by atomic mass is 14.6. The third-order valence-electron chi connectivity index (χ3n) is 3.76. The molecule has 1 nitrogen and oxygen atoms in total. The van der Waals surface area contributed by atoms with Crippen molar-refractivity contribution in [1.29, 1.82) is 0 Å². The average molecular weight is 225 g/mol. The quantitative estimate of drug-likeness (QED) is 0.755. The third kappa shape index (κ3) is 1.95. The first-order chi connectivity index (χ1) is 8.29. The molecule has 88 valence electrons. The van der Waals surface area contributed by atoms with Crippen molar-refractivity contribution in [2.24, 2.45) is 0 Å². The van der Waals surface area contributed by atoms with Crippen LogP contribution in [0, 0.1) is 6.92 Å². The van der Waals surface area contributed by atoms with E-state index < -0.39 is 0 Å². The second-order valence-corrected chi connectivity index (χ2v) is 5.22. The summed E-state index contributed by atoms with van der Waals surface area (Å²) in [6.07, 6.45) is 7.09. The first kappa shape index (κ1) is 10.8. The Morgan fingerprint density at radius 1 is 1.29 bits per heavy atom. The molecule has 1 saturated carbocycles. The molecule has 3 rings (SSSR count). The minimum absolute atomic E-state index is 0.834. The van der Waals surface area contributed by atoms with Gasteiger partial charge in [-0.25, -0.2) is 0 Å². The summed E-state index contributed by atoms with van der Waals surface area (Å²) in [6.45, 7) is 4.44. The van der Waals surface area contributed by atoms with Crippen LogP contribution in [0.5, 0.6) is 0 Å². The SMILES string of the molecule is CCCc1cc2nccc(C)c2cc1C1CC1. The smallest absolute Gasteiger partial charge is 0.0707 e. The average Bonchev–Trinajstić information content (AvgIpc) is 3.13. The van der Waals surface area contributed by atoms with Gasteiger partial charge in [-0.1, -0.05) is 13.3 Å². The van der Waals surface area contributed by atoms with Crippen LogP contribution in [0.1, 0.15) is 48.8 Å². The van der Waals surface area contributed by atoms with Crippen molar-refractivity contribution in [3.63, 3.8) is 0 Å². The van der Waals surface area contributed by atoms with Crippen molar-refractivity contribution in [2.45, 2.75) is 45.4 Å². The Bertz CT molecular complexity index is 553. The van der Waals surface area contributed by atoms with Gasteiger partial charge < -0.3 is 0 Å². The Morgan fingerprint density at radius 2 is 2.12 bits per heavy atom. The maximum absolute atomic E-state index is 4.51. The lowest BCUT2D eigenvalue weighted by atomic mass is 9.95. The molecule has 1 aromatic carbocycles. The topological polar surface area (TPSA) is 12.9 Å². The third-order valence-corrected chi connectivity index (χ3v) is 3.76. The van der Waals surface area contributed by atoms with E-state index in [-0.39, 0.29) is 0 Å². The fraction of sp³-hybridized carbons (Fsp3) is 0.438. The van der Waals surface area contributed by atoms with Crippen molar-refractivity contribution in [1.82, 2.24) is 4.98 Å². The van der Waals surface area contributed by atoms with Gasteiger partial charge in [0.25, 0.3) is 0 Å². The van der Waals surface area contributed by atoms with Gasteiger partial charge in [0, 0.05) is 11.6 Å². The zero-order chi connectivity index (χ0) is 11.8. The number of hydrogen-bond acceptors (Lipinski definition) is 1. The molecule has 0 unspecified atom stereocenters. The number of hydrogen-bond donors (Lipinski definition) is 0. The molecule has 1 aliphatic rings. The lowest BCUT2D eigenvalue weighted by Gasteiger charge is -2.11. The van der Waals surface area contributed by atoms with E-state index in [1.165, 1.54) is 42.2 Å². The lowest BCUT2D eigenvalue weighted by molar-refractivity contribution is 0.898.